The first-order chi connectivity index (χ1) is 11.5. The summed E-state index contributed by atoms with van der Waals surface area (Å²) < 4.78 is 10.5. The molecule has 0 aromatic heterocycles. The van der Waals surface area contributed by atoms with Gasteiger partial charge in [-0.3, -0.25) is 4.79 Å². The van der Waals surface area contributed by atoms with Gasteiger partial charge >= 0.3 is 0 Å². The molecule has 2 aromatic carbocycles. The van der Waals surface area contributed by atoms with Crippen LogP contribution >= 0.6 is 11.6 Å². The molecule has 0 saturated heterocycles. The Morgan fingerprint density at radius 1 is 1.08 bits per heavy atom. The monoisotopic (exact) mass is 348 g/mol. The third-order valence-corrected chi connectivity index (χ3v) is 3.93. The van der Waals surface area contributed by atoms with Crippen molar-refractivity contribution < 1.29 is 14.3 Å². The molecular weight excluding hydrogens is 328 g/mol. The number of halogens is 1. The fourth-order valence-electron chi connectivity index (χ4n) is 2.19. The number of aryl methyl sites for hydroxylation is 1. The highest BCUT2D eigenvalue weighted by Gasteiger charge is 2.06. The lowest BCUT2D eigenvalue weighted by Gasteiger charge is -2.11. The predicted molar refractivity (Wildman–Crippen MR) is 96.1 cm³/mol. The molecule has 24 heavy (non-hydrogen) atoms. The maximum Gasteiger partial charge on any atom is 0.238 e. The Morgan fingerprint density at radius 3 is 2.50 bits per heavy atom. The molecule has 0 aliphatic carbocycles. The van der Waals surface area contributed by atoms with E-state index in [0.29, 0.717) is 28.8 Å². The van der Waals surface area contributed by atoms with Gasteiger partial charge in [0.1, 0.15) is 0 Å². The SMILES string of the molecule is COc1ccc(CNCC(=O)Nc2ccc(C)c(Cl)c2)cc1OC. The zero-order chi connectivity index (χ0) is 17.5. The number of carbonyl (C=O) groups excluding carboxylic acids is 1. The van der Waals surface area contributed by atoms with Crippen LogP contribution in [0.2, 0.25) is 5.02 Å². The summed E-state index contributed by atoms with van der Waals surface area (Å²) >= 11 is 6.05. The van der Waals surface area contributed by atoms with Crippen LogP contribution in [0.25, 0.3) is 0 Å². The van der Waals surface area contributed by atoms with E-state index in [4.69, 9.17) is 21.1 Å². The number of hydrogen-bond acceptors (Lipinski definition) is 4. The van der Waals surface area contributed by atoms with E-state index in [0.717, 1.165) is 11.1 Å². The lowest BCUT2D eigenvalue weighted by molar-refractivity contribution is -0.115. The second kappa shape index (κ2) is 8.57. The molecule has 128 valence electrons. The number of rotatable bonds is 7. The van der Waals surface area contributed by atoms with Crippen molar-refractivity contribution in [1.82, 2.24) is 5.32 Å². The quantitative estimate of drug-likeness (QED) is 0.805. The Bertz CT molecular complexity index is 719. The van der Waals surface area contributed by atoms with Crippen molar-refractivity contribution in [2.75, 3.05) is 26.1 Å². The Hall–Kier alpha value is -2.24. The third-order valence-electron chi connectivity index (χ3n) is 3.52. The minimum absolute atomic E-state index is 0.129. The highest BCUT2D eigenvalue weighted by molar-refractivity contribution is 6.31. The van der Waals surface area contributed by atoms with Crippen LogP contribution in [-0.2, 0) is 11.3 Å². The normalized spacial score (nSPS) is 10.3. The summed E-state index contributed by atoms with van der Waals surface area (Å²) in [4.78, 5) is 12.0. The van der Waals surface area contributed by atoms with E-state index in [-0.39, 0.29) is 12.5 Å². The smallest absolute Gasteiger partial charge is 0.238 e. The molecule has 2 aromatic rings. The topological polar surface area (TPSA) is 59.6 Å². The van der Waals surface area contributed by atoms with Gasteiger partial charge in [0.05, 0.1) is 20.8 Å². The molecule has 2 N–H and O–H groups in total. The van der Waals surface area contributed by atoms with Crippen LogP contribution in [0.5, 0.6) is 11.5 Å². The lowest BCUT2D eigenvalue weighted by Crippen LogP contribution is -2.27. The minimum atomic E-state index is -0.129. The summed E-state index contributed by atoms with van der Waals surface area (Å²) in [5, 5.41) is 6.53. The van der Waals surface area contributed by atoms with Gasteiger partial charge < -0.3 is 20.1 Å². The summed E-state index contributed by atoms with van der Waals surface area (Å²) in [6.07, 6.45) is 0. The van der Waals surface area contributed by atoms with E-state index in [1.54, 1.807) is 20.3 Å². The average molecular weight is 349 g/mol. The molecule has 0 aliphatic rings. The molecule has 6 heteroatoms. The van der Waals surface area contributed by atoms with E-state index >= 15 is 0 Å². The van der Waals surface area contributed by atoms with Crippen LogP contribution in [0, 0.1) is 6.92 Å². The van der Waals surface area contributed by atoms with Crippen LogP contribution in [0.15, 0.2) is 36.4 Å². The molecule has 0 spiro atoms. The van der Waals surface area contributed by atoms with Crippen molar-refractivity contribution in [3.05, 3.63) is 52.5 Å². The predicted octanol–water partition coefficient (Wildman–Crippen LogP) is 3.39. The first-order valence-electron chi connectivity index (χ1n) is 7.51. The second-order valence-electron chi connectivity index (χ2n) is 5.31. The molecule has 2 rings (SSSR count). The maximum atomic E-state index is 12.0. The fourth-order valence-corrected chi connectivity index (χ4v) is 2.37. The van der Waals surface area contributed by atoms with Gasteiger partial charge in [-0.2, -0.15) is 0 Å². The molecule has 0 unspecified atom stereocenters. The Labute approximate surface area is 146 Å². The summed E-state index contributed by atoms with van der Waals surface area (Å²) in [5.41, 5.74) is 2.66. The van der Waals surface area contributed by atoms with Crippen molar-refractivity contribution >= 4 is 23.2 Å². The van der Waals surface area contributed by atoms with E-state index in [2.05, 4.69) is 10.6 Å². The van der Waals surface area contributed by atoms with E-state index in [1.807, 2.05) is 37.3 Å². The summed E-state index contributed by atoms with van der Waals surface area (Å²) in [6.45, 7) is 2.65. The molecule has 5 nitrogen and oxygen atoms in total. The van der Waals surface area contributed by atoms with Gasteiger partial charge in [0.25, 0.3) is 0 Å². The Balaban J connectivity index is 1.85. The molecular formula is C18H21ClN2O3. The number of benzene rings is 2. The molecule has 0 atom stereocenters. The second-order valence-corrected chi connectivity index (χ2v) is 5.71. The minimum Gasteiger partial charge on any atom is -0.493 e. The van der Waals surface area contributed by atoms with Gasteiger partial charge in [0.2, 0.25) is 5.91 Å². The number of ether oxygens (including phenoxy) is 2. The number of amides is 1. The molecule has 0 heterocycles. The Kier molecular flexibility index (Phi) is 6.46. The first kappa shape index (κ1) is 18.1. The zero-order valence-corrected chi connectivity index (χ0v) is 14.7. The van der Waals surface area contributed by atoms with Crippen LogP contribution in [0.4, 0.5) is 5.69 Å². The van der Waals surface area contributed by atoms with E-state index in [1.165, 1.54) is 0 Å². The van der Waals surface area contributed by atoms with Crippen molar-refractivity contribution in [2.45, 2.75) is 13.5 Å². The van der Waals surface area contributed by atoms with Gasteiger partial charge in [0, 0.05) is 17.3 Å². The average Bonchev–Trinajstić information content (AvgIpc) is 2.58. The fraction of sp³-hybridized carbons (Fsp3) is 0.278. The summed E-state index contributed by atoms with van der Waals surface area (Å²) in [7, 11) is 3.19. The van der Waals surface area contributed by atoms with Crippen LogP contribution in [-0.4, -0.2) is 26.7 Å². The number of hydrogen-bond donors (Lipinski definition) is 2. The zero-order valence-electron chi connectivity index (χ0n) is 14.0. The standard InChI is InChI=1S/C18H21ClN2O3/c1-12-4-6-14(9-15(12)19)21-18(22)11-20-10-13-5-7-16(23-2)17(8-13)24-3/h4-9,20H,10-11H2,1-3H3,(H,21,22). The van der Waals surface area contributed by atoms with Crippen LogP contribution in [0.1, 0.15) is 11.1 Å². The van der Waals surface area contributed by atoms with Crippen LogP contribution < -0.4 is 20.1 Å². The molecule has 0 bridgehead atoms. The highest BCUT2D eigenvalue weighted by Crippen LogP contribution is 2.27. The van der Waals surface area contributed by atoms with E-state index in [9.17, 15) is 4.79 Å². The number of nitrogens with one attached hydrogen (secondary N) is 2. The van der Waals surface area contributed by atoms with Crippen molar-refractivity contribution in [3.63, 3.8) is 0 Å². The summed E-state index contributed by atoms with van der Waals surface area (Å²) in [6, 6.07) is 11.1. The molecule has 0 saturated carbocycles. The third kappa shape index (κ3) is 4.88. The van der Waals surface area contributed by atoms with Gasteiger partial charge in [-0.25, -0.2) is 0 Å². The highest BCUT2D eigenvalue weighted by atomic mass is 35.5. The number of methoxy groups -OCH3 is 2. The maximum absolute atomic E-state index is 12.0. The largest absolute Gasteiger partial charge is 0.493 e. The van der Waals surface area contributed by atoms with Crippen LogP contribution in [0.3, 0.4) is 0 Å². The van der Waals surface area contributed by atoms with Gasteiger partial charge in [0.15, 0.2) is 11.5 Å². The molecule has 0 fully saturated rings. The molecule has 0 aliphatic heterocycles. The summed E-state index contributed by atoms with van der Waals surface area (Å²) in [5.74, 6) is 1.21. The van der Waals surface area contributed by atoms with Gasteiger partial charge in [-0.05, 0) is 42.3 Å². The lowest BCUT2D eigenvalue weighted by atomic mass is 10.2. The Morgan fingerprint density at radius 2 is 1.83 bits per heavy atom. The van der Waals surface area contributed by atoms with Gasteiger partial charge in [-0.1, -0.05) is 23.7 Å². The number of carbonyl (C=O) groups is 1. The van der Waals surface area contributed by atoms with Gasteiger partial charge in [-0.15, -0.1) is 0 Å². The van der Waals surface area contributed by atoms with Crippen molar-refractivity contribution in [3.8, 4) is 11.5 Å². The van der Waals surface area contributed by atoms with E-state index < -0.39 is 0 Å². The number of anilines is 1. The molecule has 0 radical (unpaired) electrons. The van der Waals surface area contributed by atoms with Crippen molar-refractivity contribution in [1.29, 1.82) is 0 Å². The van der Waals surface area contributed by atoms with Crippen molar-refractivity contribution in [2.24, 2.45) is 0 Å². The first-order valence-corrected chi connectivity index (χ1v) is 7.89. The molecule has 1 amide bonds.